The number of nitrogens with one attached hydrogen (secondary N) is 1. The quantitative estimate of drug-likeness (QED) is 0.822. The summed E-state index contributed by atoms with van der Waals surface area (Å²) in [4.78, 5) is 27.3. The first-order valence-electron chi connectivity index (χ1n) is 9.93. The van der Waals surface area contributed by atoms with Gasteiger partial charge in [0.2, 0.25) is 21.8 Å². The minimum Gasteiger partial charge on any atom is -0.342 e. The van der Waals surface area contributed by atoms with Gasteiger partial charge in [-0.1, -0.05) is 56.7 Å². The largest absolute Gasteiger partial charge is 0.342 e. The average molecular weight is 416 g/mol. The SMILES string of the molecule is CC[C@H](C)[C@@H]1NC(=O)[C@H]2CN(S(=O)(=O)c3cccc4ccccc34)CCN2C1=O. The van der Waals surface area contributed by atoms with E-state index in [1.165, 1.54) is 4.31 Å². The molecule has 0 radical (unpaired) electrons. The molecule has 2 heterocycles. The predicted molar refractivity (Wildman–Crippen MR) is 110 cm³/mol. The second-order valence-electron chi connectivity index (χ2n) is 7.76. The van der Waals surface area contributed by atoms with Gasteiger partial charge in [0.15, 0.2) is 0 Å². The summed E-state index contributed by atoms with van der Waals surface area (Å²) < 4.78 is 28.1. The standard InChI is InChI=1S/C21H25N3O4S/c1-3-14(2)19-21(26)24-12-11-23(13-17(24)20(25)22-19)29(27,28)18-10-6-8-15-7-4-5-9-16(15)18/h4-10,14,17,19H,3,11-13H2,1-2H3,(H,22,25)/t14-,17+,19-/m0/s1. The van der Waals surface area contributed by atoms with Crippen LogP contribution in [0.5, 0.6) is 0 Å². The van der Waals surface area contributed by atoms with Crippen LogP contribution in [0.1, 0.15) is 20.3 Å². The maximum Gasteiger partial charge on any atom is 0.246 e. The van der Waals surface area contributed by atoms with Crippen molar-refractivity contribution in [3.63, 3.8) is 0 Å². The van der Waals surface area contributed by atoms with Gasteiger partial charge in [0.25, 0.3) is 0 Å². The van der Waals surface area contributed by atoms with Crippen molar-refractivity contribution in [1.82, 2.24) is 14.5 Å². The van der Waals surface area contributed by atoms with Gasteiger partial charge in [0.1, 0.15) is 12.1 Å². The normalized spacial score (nSPS) is 24.3. The molecule has 3 atom stereocenters. The molecule has 0 bridgehead atoms. The molecule has 1 N–H and O–H groups in total. The Labute approximate surface area is 170 Å². The third kappa shape index (κ3) is 3.30. The lowest BCUT2D eigenvalue weighted by atomic mass is 9.93. The molecule has 2 fully saturated rings. The number of fused-ring (bicyclic) bond motifs is 2. The number of amides is 2. The minimum absolute atomic E-state index is 0.0314. The monoisotopic (exact) mass is 415 g/mol. The van der Waals surface area contributed by atoms with E-state index >= 15 is 0 Å². The van der Waals surface area contributed by atoms with Crippen molar-refractivity contribution in [2.24, 2.45) is 5.92 Å². The fourth-order valence-corrected chi connectivity index (χ4v) is 5.79. The maximum absolute atomic E-state index is 13.4. The molecule has 2 aliphatic heterocycles. The Morgan fingerprint density at radius 2 is 1.83 bits per heavy atom. The van der Waals surface area contributed by atoms with Crippen LogP contribution in [0.25, 0.3) is 10.8 Å². The van der Waals surface area contributed by atoms with Gasteiger partial charge in [-0.25, -0.2) is 8.42 Å². The molecule has 8 heteroatoms. The van der Waals surface area contributed by atoms with Crippen LogP contribution in [0.4, 0.5) is 0 Å². The van der Waals surface area contributed by atoms with Crippen molar-refractivity contribution in [2.45, 2.75) is 37.2 Å². The first-order chi connectivity index (χ1) is 13.8. The summed E-state index contributed by atoms with van der Waals surface area (Å²) >= 11 is 0. The fourth-order valence-electron chi connectivity index (χ4n) is 4.14. The summed E-state index contributed by atoms with van der Waals surface area (Å²) in [6, 6.07) is 11.2. The topological polar surface area (TPSA) is 86.8 Å². The molecule has 2 aliphatic rings. The van der Waals surface area contributed by atoms with Crippen LogP contribution in [0, 0.1) is 5.92 Å². The summed E-state index contributed by atoms with van der Waals surface area (Å²) in [6.07, 6.45) is 0.775. The molecule has 2 saturated heterocycles. The Hall–Kier alpha value is -2.45. The number of piperazine rings is 2. The summed E-state index contributed by atoms with van der Waals surface area (Å²) in [7, 11) is -3.80. The van der Waals surface area contributed by atoms with Gasteiger partial charge in [-0.05, 0) is 17.4 Å². The van der Waals surface area contributed by atoms with E-state index in [0.29, 0.717) is 5.39 Å². The number of carbonyl (C=O) groups excluding carboxylic acids is 2. The smallest absolute Gasteiger partial charge is 0.246 e. The third-order valence-corrected chi connectivity index (χ3v) is 8.00. The molecule has 0 aromatic heterocycles. The van der Waals surface area contributed by atoms with Gasteiger partial charge >= 0.3 is 0 Å². The van der Waals surface area contributed by atoms with E-state index in [1.807, 2.05) is 38.1 Å². The summed E-state index contributed by atoms with van der Waals surface area (Å²) in [6.45, 7) is 4.27. The van der Waals surface area contributed by atoms with Crippen molar-refractivity contribution in [3.05, 3.63) is 42.5 Å². The van der Waals surface area contributed by atoms with Gasteiger partial charge in [-0.15, -0.1) is 0 Å². The van der Waals surface area contributed by atoms with Crippen molar-refractivity contribution < 1.29 is 18.0 Å². The lowest BCUT2D eigenvalue weighted by molar-refractivity contribution is -0.153. The van der Waals surface area contributed by atoms with E-state index in [-0.39, 0.29) is 42.3 Å². The van der Waals surface area contributed by atoms with Crippen LogP contribution in [-0.2, 0) is 19.6 Å². The van der Waals surface area contributed by atoms with E-state index in [1.54, 1.807) is 23.1 Å². The second-order valence-corrected chi connectivity index (χ2v) is 9.67. The molecule has 0 spiro atoms. The highest BCUT2D eigenvalue weighted by Crippen LogP contribution is 2.28. The third-order valence-electron chi connectivity index (χ3n) is 6.07. The Morgan fingerprint density at radius 1 is 1.10 bits per heavy atom. The Kier molecular flexibility index (Phi) is 5.08. The molecule has 7 nitrogen and oxygen atoms in total. The Bertz CT molecular complexity index is 1060. The summed E-state index contributed by atoms with van der Waals surface area (Å²) in [5, 5.41) is 4.30. The zero-order chi connectivity index (χ0) is 20.8. The number of nitrogens with zero attached hydrogens (tertiary/aromatic N) is 2. The fraction of sp³-hybridized carbons (Fsp3) is 0.429. The van der Waals surface area contributed by atoms with Crippen LogP contribution >= 0.6 is 0 Å². The van der Waals surface area contributed by atoms with E-state index in [2.05, 4.69) is 5.32 Å². The molecule has 4 rings (SSSR count). The van der Waals surface area contributed by atoms with E-state index in [9.17, 15) is 18.0 Å². The highest BCUT2D eigenvalue weighted by atomic mass is 32.2. The van der Waals surface area contributed by atoms with Gasteiger partial charge < -0.3 is 10.2 Å². The van der Waals surface area contributed by atoms with Gasteiger partial charge in [-0.2, -0.15) is 4.31 Å². The second kappa shape index (κ2) is 7.42. The molecule has 2 aromatic rings. The predicted octanol–water partition coefficient (Wildman–Crippen LogP) is 1.59. The number of rotatable bonds is 4. The van der Waals surface area contributed by atoms with Gasteiger partial charge in [-0.3, -0.25) is 9.59 Å². The van der Waals surface area contributed by atoms with E-state index < -0.39 is 22.1 Å². The molecule has 2 aromatic carbocycles. The van der Waals surface area contributed by atoms with E-state index in [4.69, 9.17) is 0 Å². The molecular weight excluding hydrogens is 390 g/mol. The van der Waals surface area contributed by atoms with Gasteiger partial charge in [0.05, 0.1) is 4.90 Å². The zero-order valence-electron chi connectivity index (χ0n) is 16.5. The van der Waals surface area contributed by atoms with Crippen LogP contribution < -0.4 is 5.32 Å². The average Bonchev–Trinajstić information content (AvgIpc) is 2.74. The number of benzene rings is 2. The lowest BCUT2D eigenvalue weighted by Gasteiger charge is -2.45. The maximum atomic E-state index is 13.4. The number of hydrogen-bond donors (Lipinski definition) is 1. The van der Waals surface area contributed by atoms with Gasteiger partial charge in [0, 0.05) is 25.0 Å². The van der Waals surface area contributed by atoms with Crippen LogP contribution in [0.15, 0.2) is 47.4 Å². The van der Waals surface area contributed by atoms with Crippen LogP contribution in [-0.4, -0.2) is 61.2 Å². The van der Waals surface area contributed by atoms with Crippen molar-refractivity contribution in [3.8, 4) is 0 Å². The van der Waals surface area contributed by atoms with Crippen molar-refractivity contribution in [2.75, 3.05) is 19.6 Å². The van der Waals surface area contributed by atoms with Crippen molar-refractivity contribution >= 4 is 32.6 Å². The minimum atomic E-state index is -3.80. The van der Waals surface area contributed by atoms with Crippen LogP contribution in [0.3, 0.4) is 0 Å². The number of sulfonamides is 1. The van der Waals surface area contributed by atoms with Crippen LogP contribution in [0.2, 0.25) is 0 Å². The van der Waals surface area contributed by atoms with Crippen molar-refractivity contribution in [1.29, 1.82) is 0 Å². The Morgan fingerprint density at radius 3 is 2.59 bits per heavy atom. The molecule has 0 saturated carbocycles. The molecule has 0 unspecified atom stereocenters. The molecule has 2 amide bonds. The molecule has 0 aliphatic carbocycles. The number of carbonyl (C=O) groups is 2. The zero-order valence-corrected chi connectivity index (χ0v) is 17.4. The summed E-state index contributed by atoms with van der Waals surface area (Å²) in [5.74, 6) is -0.372. The Balaban J connectivity index is 1.63. The lowest BCUT2D eigenvalue weighted by Crippen LogP contribution is -2.70. The number of hydrogen-bond acceptors (Lipinski definition) is 4. The highest BCUT2D eigenvalue weighted by Gasteiger charge is 2.46. The van der Waals surface area contributed by atoms with E-state index in [0.717, 1.165) is 11.8 Å². The highest BCUT2D eigenvalue weighted by molar-refractivity contribution is 7.89. The first-order valence-corrected chi connectivity index (χ1v) is 11.4. The summed E-state index contributed by atoms with van der Waals surface area (Å²) in [5.41, 5.74) is 0. The molecular formula is C21H25N3O4S. The molecule has 29 heavy (non-hydrogen) atoms. The molecule has 154 valence electrons. The first kappa shape index (κ1) is 19.8.